The van der Waals surface area contributed by atoms with Gasteiger partial charge in [-0.1, -0.05) is 5.16 Å². The number of hydrogen-bond donors (Lipinski definition) is 1. The quantitative estimate of drug-likeness (QED) is 0.745. The summed E-state index contributed by atoms with van der Waals surface area (Å²) in [5.74, 6) is 0.418. The normalized spacial score (nSPS) is 13.6. The molecule has 0 bridgehead atoms. The Morgan fingerprint density at radius 2 is 2.00 bits per heavy atom. The van der Waals surface area contributed by atoms with Crippen molar-refractivity contribution in [2.24, 2.45) is 0 Å². The van der Waals surface area contributed by atoms with Crippen LogP contribution in [0.3, 0.4) is 0 Å². The standard InChI is InChI=1S/C17H14FN5O3/c18-11-3-5-12(6-4-11)23-15(24)8-7-13(21-23)17(25)19-9-14-20-16(22-26-14)10-1-2-10/h3-8,10H,1-2,9H2,(H,19,25). The summed E-state index contributed by atoms with van der Waals surface area (Å²) in [6.45, 7) is 0.0654. The van der Waals surface area contributed by atoms with E-state index in [0.29, 0.717) is 23.3 Å². The molecule has 1 aliphatic rings. The average Bonchev–Trinajstić information content (AvgIpc) is 3.39. The van der Waals surface area contributed by atoms with Crippen LogP contribution in [0.4, 0.5) is 4.39 Å². The third kappa shape index (κ3) is 3.37. The molecule has 0 aliphatic heterocycles. The van der Waals surface area contributed by atoms with E-state index in [1.165, 1.54) is 36.4 Å². The van der Waals surface area contributed by atoms with E-state index in [1.807, 2.05) is 0 Å². The Labute approximate surface area is 146 Å². The summed E-state index contributed by atoms with van der Waals surface area (Å²) in [5, 5.41) is 10.5. The van der Waals surface area contributed by atoms with Crippen molar-refractivity contribution in [3.8, 4) is 5.69 Å². The third-order valence-corrected chi connectivity index (χ3v) is 3.93. The Balaban J connectivity index is 1.49. The molecule has 0 saturated heterocycles. The maximum Gasteiger partial charge on any atom is 0.272 e. The van der Waals surface area contributed by atoms with Gasteiger partial charge in [0, 0.05) is 12.0 Å². The van der Waals surface area contributed by atoms with Crippen molar-refractivity contribution in [2.75, 3.05) is 0 Å². The lowest BCUT2D eigenvalue weighted by Gasteiger charge is -2.07. The van der Waals surface area contributed by atoms with Gasteiger partial charge in [0.05, 0.1) is 12.2 Å². The van der Waals surface area contributed by atoms with Crippen molar-refractivity contribution in [3.05, 3.63) is 70.0 Å². The van der Waals surface area contributed by atoms with Gasteiger partial charge < -0.3 is 9.84 Å². The van der Waals surface area contributed by atoms with Crippen LogP contribution in [-0.2, 0) is 6.54 Å². The second-order valence-corrected chi connectivity index (χ2v) is 5.95. The van der Waals surface area contributed by atoms with Crippen LogP contribution in [-0.4, -0.2) is 25.8 Å². The molecule has 1 fully saturated rings. The molecular formula is C17H14FN5O3. The molecule has 1 saturated carbocycles. The van der Waals surface area contributed by atoms with E-state index in [9.17, 15) is 14.0 Å². The maximum absolute atomic E-state index is 13.0. The fraction of sp³-hybridized carbons (Fsp3) is 0.235. The van der Waals surface area contributed by atoms with Gasteiger partial charge in [-0.25, -0.2) is 4.39 Å². The Morgan fingerprint density at radius 1 is 1.23 bits per heavy atom. The maximum atomic E-state index is 13.0. The van der Waals surface area contributed by atoms with Crippen LogP contribution in [0.5, 0.6) is 0 Å². The number of benzene rings is 1. The molecule has 0 spiro atoms. The molecular weight excluding hydrogens is 341 g/mol. The molecule has 1 aromatic carbocycles. The van der Waals surface area contributed by atoms with Gasteiger partial charge in [0.2, 0.25) is 5.89 Å². The van der Waals surface area contributed by atoms with Crippen LogP contribution in [0, 0.1) is 5.82 Å². The number of hydrogen-bond acceptors (Lipinski definition) is 6. The Morgan fingerprint density at radius 3 is 2.73 bits per heavy atom. The molecule has 0 unspecified atom stereocenters. The minimum absolute atomic E-state index is 0.0378. The first kappa shape index (κ1) is 16.1. The SMILES string of the molecule is O=C(NCc1nc(C2CC2)no1)c1ccc(=O)n(-c2ccc(F)cc2)n1. The van der Waals surface area contributed by atoms with E-state index >= 15 is 0 Å². The first-order valence-corrected chi connectivity index (χ1v) is 8.07. The molecule has 9 heteroatoms. The monoisotopic (exact) mass is 355 g/mol. The molecule has 1 N–H and O–H groups in total. The minimum Gasteiger partial charge on any atom is -0.342 e. The third-order valence-electron chi connectivity index (χ3n) is 3.93. The molecule has 3 aromatic rings. The predicted octanol–water partition coefficient (Wildman–Crippen LogP) is 1.56. The summed E-state index contributed by atoms with van der Waals surface area (Å²) >= 11 is 0. The van der Waals surface area contributed by atoms with Crippen molar-refractivity contribution >= 4 is 5.91 Å². The van der Waals surface area contributed by atoms with Crippen molar-refractivity contribution < 1.29 is 13.7 Å². The Hall–Kier alpha value is -3.36. The number of aromatic nitrogens is 4. The van der Waals surface area contributed by atoms with Gasteiger partial charge in [0.1, 0.15) is 11.5 Å². The fourth-order valence-corrected chi connectivity index (χ4v) is 2.39. The topological polar surface area (TPSA) is 103 Å². The number of nitrogens with zero attached hydrogens (tertiary/aromatic N) is 4. The number of carbonyl (C=O) groups is 1. The van der Waals surface area contributed by atoms with E-state index in [4.69, 9.17) is 4.52 Å². The van der Waals surface area contributed by atoms with Gasteiger partial charge >= 0.3 is 0 Å². The van der Waals surface area contributed by atoms with Crippen LogP contribution >= 0.6 is 0 Å². The van der Waals surface area contributed by atoms with Gasteiger partial charge in [-0.2, -0.15) is 14.8 Å². The zero-order valence-corrected chi connectivity index (χ0v) is 13.6. The molecule has 132 valence electrons. The lowest BCUT2D eigenvalue weighted by atomic mass is 10.3. The van der Waals surface area contributed by atoms with Gasteiger partial charge in [-0.15, -0.1) is 0 Å². The first-order valence-electron chi connectivity index (χ1n) is 8.07. The van der Waals surface area contributed by atoms with Crippen molar-refractivity contribution in [2.45, 2.75) is 25.3 Å². The van der Waals surface area contributed by atoms with Gasteiger partial charge in [-0.3, -0.25) is 9.59 Å². The number of amides is 1. The van der Waals surface area contributed by atoms with Gasteiger partial charge in [0.25, 0.3) is 11.5 Å². The molecule has 8 nitrogen and oxygen atoms in total. The van der Waals surface area contributed by atoms with E-state index in [-0.39, 0.29) is 12.2 Å². The lowest BCUT2D eigenvalue weighted by Crippen LogP contribution is -2.28. The summed E-state index contributed by atoms with van der Waals surface area (Å²) in [6.07, 6.45) is 2.11. The molecule has 2 heterocycles. The molecule has 0 atom stereocenters. The molecule has 1 amide bonds. The summed E-state index contributed by atoms with van der Waals surface area (Å²) in [7, 11) is 0. The largest absolute Gasteiger partial charge is 0.342 e. The van der Waals surface area contributed by atoms with Crippen LogP contribution in [0.1, 0.15) is 41.0 Å². The van der Waals surface area contributed by atoms with Gasteiger partial charge in [-0.05, 0) is 43.2 Å². The fourth-order valence-electron chi connectivity index (χ4n) is 2.39. The lowest BCUT2D eigenvalue weighted by molar-refractivity contribution is 0.0939. The van der Waals surface area contributed by atoms with Gasteiger partial charge in [0.15, 0.2) is 5.82 Å². The van der Waals surface area contributed by atoms with Crippen LogP contribution in [0.25, 0.3) is 5.69 Å². The highest BCUT2D eigenvalue weighted by Crippen LogP contribution is 2.38. The van der Waals surface area contributed by atoms with Crippen LogP contribution < -0.4 is 10.9 Å². The van der Waals surface area contributed by atoms with Crippen LogP contribution in [0.15, 0.2) is 45.7 Å². The molecule has 26 heavy (non-hydrogen) atoms. The summed E-state index contributed by atoms with van der Waals surface area (Å²) in [4.78, 5) is 28.5. The van der Waals surface area contributed by atoms with E-state index in [0.717, 1.165) is 17.5 Å². The number of halogens is 1. The number of rotatable bonds is 5. The van der Waals surface area contributed by atoms with E-state index < -0.39 is 17.3 Å². The summed E-state index contributed by atoms with van der Waals surface area (Å²) in [5.41, 5.74) is -0.0352. The predicted molar refractivity (Wildman–Crippen MR) is 87.2 cm³/mol. The zero-order valence-electron chi connectivity index (χ0n) is 13.6. The second kappa shape index (κ2) is 6.51. The molecule has 2 aromatic heterocycles. The number of nitrogens with one attached hydrogen (secondary N) is 1. The smallest absolute Gasteiger partial charge is 0.272 e. The average molecular weight is 355 g/mol. The van der Waals surface area contributed by atoms with Crippen molar-refractivity contribution in [1.29, 1.82) is 0 Å². The first-order chi connectivity index (χ1) is 12.6. The summed E-state index contributed by atoms with van der Waals surface area (Å²) < 4.78 is 19.2. The van der Waals surface area contributed by atoms with Crippen LogP contribution in [0.2, 0.25) is 0 Å². The highest BCUT2D eigenvalue weighted by molar-refractivity contribution is 5.91. The molecule has 1 aliphatic carbocycles. The Kier molecular flexibility index (Phi) is 4.04. The van der Waals surface area contributed by atoms with Crippen molar-refractivity contribution in [3.63, 3.8) is 0 Å². The van der Waals surface area contributed by atoms with E-state index in [2.05, 4.69) is 20.6 Å². The summed E-state index contributed by atoms with van der Waals surface area (Å²) in [6, 6.07) is 7.78. The zero-order chi connectivity index (χ0) is 18.1. The second-order valence-electron chi connectivity index (χ2n) is 5.95. The Bertz CT molecular complexity index is 1010. The van der Waals surface area contributed by atoms with Crippen molar-refractivity contribution in [1.82, 2.24) is 25.2 Å². The highest BCUT2D eigenvalue weighted by Gasteiger charge is 2.28. The molecule has 4 rings (SSSR count). The highest BCUT2D eigenvalue weighted by atomic mass is 19.1. The van der Waals surface area contributed by atoms with E-state index in [1.54, 1.807) is 0 Å². The number of carbonyl (C=O) groups excluding carboxylic acids is 1. The molecule has 0 radical (unpaired) electrons. The minimum atomic E-state index is -0.493.